The first-order valence-electron chi connectivity index (χ1n) is 8.59. The van der Waals surface area contributed by atoms with Gasteiger partial charge in [0.1, 0.15) is 0 Å². The standard InChI is InChI=1S/2C7H5NS.C4H9NO.H4N2O2S/c2*1-2-4-7-6(3-1)8-5-9-7;1-3-6-4-2-5-1;1-5(2,3)4/h2*1-5H;5H,1-4H2;(H4,1,2,3,4). The van der Waals surface area contributed by atoms with Gasteiger partial charge in [-0.1, -0.05) is 24.3 Å². The van der Waals surface area contributed by atoms with Crippen molar-refractivity contribution in [2.24, 2.45) is 10.3 Å². The van der Waals surface area contributed by atoms with Crippen LogP contribution < -0.4 is 15.6 Å². The predicted octanol–water partition coefficient (Wildman–Crippen LogP) is 2.35. The highest BCUT2D eigenvalue weighted by Crippen LogP contribution is 2.16. The first-order chi connectivity index (χ1) is 13.9. The van der Waals surface area contributed by atoms with E-state index in [1.54, 1.807) is 22.7 Å². The molecule has 0 radical (unpaired) electrons. The quantitative estimate of drug-likeness (QED) is 0.374. The Balaban J connectivity index is 0.000000143. The van der Waals surface area contributed by atoms with Gasteiger partial charge in [0.2, 0.25) is 0 Å². The molecule has 0 saturated carbocycles. The average Bonchev–Trinajstić information content (AvgIpc) is 3.38. The molecule has 2 aromatic carbocycles. The zero-order valence-electron chi connectivity index (χ0n) is 15.6. The van der Waals surface area contributed by atoms with Crippen LogP contribution in [0.5, 0.6) is 0 Å². The summed E-state index contributed by atoms with van der Waals surface area (Å²) in [6.45, 7) is 3.83. The Morgan fingerprint density at radius 2 is 1.24 bits per heavy atom. The molecule has 1 fully saturated rings. The number of aromatic nitrogens is 2. The maximum atomic E-state index is 9.19. The third kappa shape index (κ3) is 10.4. The summed E-state index contributed by atoms with van der Waals surface area (Å²) in [6.07, 6.45) is 0. The number of hydrogen-bond donors (Lipinski definition) is 3. The molecule has 0 bridgehead atoms. The van der Waals surface area contributed by atoms with Crippen LogP contribution in [0.3, 0.4) is 0 Å². The van der Waals surface area contributed by atoms with Crippen molar-refractivity contribution >= 4 is 53.3 Å². The van der Waals surface area contributed by atoms with Gasteiger partial charge >= 0.3 is 0 Å². The number of nitrogens with one attached hydrogen (secondary N) is 1. The van der Waals surface area contributed by atoms with Gasteiger partial charge in [0.15, 0.2) is 0 Å². The summed E-state index contributed by atoms with van der Waals surface area (Å²) in [5, 5.41) is 11.4. The summed E-state index contributed by atoms with van der Waals surface area (Å²) in [5.74, 6) is 0. The van der Waals surface area contributed by atoms with Crippen LogP contribution in [0.25, 0.3) is 20.4 Å². The lowest BCUT2D eigenvalue weighted by atomic mass is 10.3. The van der Waals surface area contributed by atoms with E-state index in [0.29, 0.717) is 0 Å². The van der Waals surface area contributed by atoms with Crippen LogP contribution in [0.4, 0.5) is 0 Å². The van der Waals surface area contributed by atoms with Gasteiger partial charge in [0, 0.05) is 13.1 Å². The number of nitrogens with two attached hydrogens (primary N) is 2. The van der Waals surface area contributed by atoms with Crippen molar-refractivity contribution in [2.45, 2.75) is 0 Å². The van der Waals surface area contributed by atoms with Gasteiger partial charge in [-0.15, -0.1) is 22.7 Å². The molecular weight excluding hydrogens is 430 g/mol. The van der Waals surface area contributed by atoms with Gasteiger partial charge in [-0.05, 0) is 24.3 Å². The molecule has 5 rings (SSSR count). The average molecular weight is 454 g/mol. The molecule has 3 heterocycles. The lowest BCUT2D eigenvalue weighted by Gasteiger charge is -2.10. The molecule has 0 unspecified atom stereocenters. The zero-order valence-corrected chi connectivity index (χ0v) is 18.1. The van der Waals surface area contributed by atoms with Crippen LogP contribution in [0.2, 0.25) is 0 Å². The number of hydrogen-bond acceptors (Lipinski definition) is 8. The Morgan fingerprint density at radius 1 is 0.828 bits per heavy atom. The molecule has 0 amide bonds. The van der Waals surface area contributed by atoms with Crippen LogP contribution in [-0.4, -0.2) is 44.7 Å². The molecule has 29 heavy (non-hydrogen) atoms. The summed E-state index contributed by atoms with van der Waals surface area (Å²) in [6, 6.07) is 16.3. The summed E-state index contributed by atoms with van der Waals surface area (Å²) in [4.78, 5) is 8.27. The summed E-state index contributed by atoms with van der Waals surface area (Å²) in [7, 11) is -3.67. The minimum atomic E-state index is -3.67. The molecule has 1 saturated heterocycles. The van der Waals surface area contributed by atoms with Crippen LogP contribution in [0.15, 0.2) is 59.6 Å². The number of morpholine rings is 1. The van der Waals surface area contributed by atoms with E-state index in [9.17, 15) is 8.42 Å². The van der Waals surface area contributed by atoms with Gasteiger partial charge in [0.05, 0.1) is 44.7 Å². The molecule has 0 atom stereocenters. The first-order valence-corrected chi connectivity index (χ1v) is 12.0. The van der Waals surface area contributed by atoms with Crippen molar-refractivity contribution in [1.29, 1.82) is 0 Å². The van der Waals surface area contributed by atoms with Crippen molar-refractivity contribution in [2.75, 3.05) is 26.3 Å². The van der Waals surface area contributed by atoms with Crippen molar-refractivity contribution in [1.82, 2.24) is 15.3 Å². The van der Waals surface area contributed by atoms with E-state index < -0.39 is 10.2 Å². The van der Waals surface area contributed by atoms with E-state index in [4.69, 9.17) is 4.74 Å². The normalized spacial score (nSPS) is 13.3. The Labute approximate surface area is 177 Å². The number of fused-ring (bicyclic) bond motifs is 2. The maximum Gasteiger partial charge on any atom is 0.271 e. The Morgan fingerprint density at radius 3 is 1.55 bits per heavy atom. The fraction of sp³-hybridized carbons (Fsp3) is 0.222. The molecule has 156 valence electrons. The first kappa shape index (κ1) is 23.3. The smallest absolute Gasteiger partial charge is 0.271 e. The van der Waals surface area contributed by atoms with E-state index in [1.807, 2.05) is 47.4 Å². The second-order valence-corrected chi connectivity index (χ2v) is 8.54. The lowest BCUT2D eigenvalue weighted by Crippen LogP contribution is -2.30. The molecule has 4 aromatic rings. The lowest BCUT2D eigenvalue weighted by molar-refractivity contribution is 0.109. The van der Waals surface area contributed by atoms with E-state index >= 15 is 0 Å². The monoisotopic (exact) mass is 453 g/mol. The minimum absolute atomic E-state index is 0.889. The maximum absolute atomic E-state index is 9.19. The third-order valence-corrected chi connectivity index (χ3v) is 4.94. The SMILES string of the molecule is C1COCCN1.NS(N)(=O)=O.c1ccc2scnc2c1.c1ccc2scnc2c1. The van der Waals surface area contributed by atoms with Gasteiger partial charge in [0.25, 0.3) is 10.2 Å². The summed E-state index contributed by atoms with van der Waals surface area (Å²) >= 11 is 3.35. The number of thiazole rings is 2. The largest absolute Gasteiger partial charge is 0.379 e. The van der Waals surface area contributed by atoms with E-state index in [-0.39, 0.29) is 0 Å². The predicted molar refractivity (Wildman–Crippen MR) is 120 cm³/mol. The van der Waals surface area contributed by atoms with Crippen LogP contribution in [0, 0.1) is 0 Å². The Hall–Kier alpha value is -1.99. The fourth-order valence-corrected chi connectivity index (χ4v) is 3.48. The molecular formula is C18H23N5O3S3. The van der Waals surface area contributed by atoms with E-state index in [0.717, 1.165) is 37.3 Å². The molecule has 1 aliphatic rings. The topological polar surface area (TPSA) is 133 Å². The minimum Gasteiger partial charge on any atom is -0.379 e. The molecule has 0 aliphatic carbocycles. The summed E-state index contributed by atoms with van der Waals surface area (Å²) < 4.78 is 25.9. The highest BCUT2D eigenvalue weighted by Gasteiger charge is 1.93. The molecule has 8 nitrogen and oxygen atoms in total. The Bertz CT molecular complexity index is 932. The highest BCUT2D eigenvalue weighted by atomic mass is 32.2. The number of para-hydroxylation sites is 2. The number of nitrogens with zero attached hydrogens (tertiary/aromatic N) is 2. The highest BCUT2D eigenvalue weighted by molar-refractivity contribution is 7.86. The fourth-order valence-electron chi connectivity index (χ4n) is 2.12. The van der Waals surface area contributed by atoms with Gasteiger partial charge < -0.3 is 10.1 Å². The van der Waals surface area contributed by atoms with Crippen molar-refractivity contribution in [3.8, 4) is 0 Å². The van der Waals surface area contributed by atoms with Crippen LogP contribution >= 0.6 is 22.7 Å². The Kier molecular flexibility index (Phi) is 10.1. The molecule has 11 heteroatoms. The van der Waals surface area contributed by atoms with Gasteiger partial charge in [-0.25, -0.2) is 20.2 Å². The zero-order chi connectivity index (χ0) is 21.0. The second-order valence-electron chi connectivity index (χ2n) is 5.59. The van der Waals surface area contributed by atoms with Crippen molar-refractivity contribution in [3.63, 3.8) is 0 Å². The molecule has 0 spiro atoms. The second kappa shape index (κ2) is 12.5. The summed E-state index contributed by atoms with van der Waals surface area (Å²) in [5.41, 5.74) is 5.93. The molecule has 5 N–H and O–H groups in total. The van der Waals surface area contributed by atoms with Crippen LogP contribution in [0.1, 0.15) is 0 Å². The third-order valence-electron chi connectivity index (χ3n) is 3.32. The molecule has 1 aliphatic heterocycles. The van der Waals surface area contributed by atoms with Gasteiger partial charge in [-0.3, -0.25) is 0 Å². The van der Waals surface area contributed by atoms with E-state index in [2.05, 4.69) is 37.7 Å². The number of ether oxygens (including phenoxy) is 1. The number of rotatable bonds is 0. The van der Waals surface area contributed by atoms with Gasteiger partial charge in [-0.2, -0.15) is 8.42 Å². The molecule has 2 aromatic heterocycles. The van der Waals surface area contributed by atoms with Crippen LogP contribution in [-0.2, 0) is 14.9 Å². The van der Waals surface area contributed by atoms with Crippen molar-refractivity contribution in [3.05, 3.63) is 59.6 Å². The number of benzene rings is 2. The van der Waals surface area contributed by atoms with E-state index in [1.165, 1.54) is 9.40 Å². The van der Waals surface area contributed by atoms with Crippen molar-refractivity contribution < 1.29 is 13.2 Å².